The summed E-state index contributed by atoms with van der Waals surface area (Å²) in [5.41, 5.74) is 0.286. The van der Waals surface area contributed by atoms with Gasteiger partial charge in [-0.2, -0.15) is 0 Å². The van der Waals surface area contributed by atoms with Crippen LogP contribution in [-0.2, 0) is 4.79 Å². The molecular weight excluding hydrogens is 176 g/mol. The highest BCUT2D eigenvalue weighted by molar-refractivity contribution is 5.84. The number of rotatable bonds is 1. The fourth-order valence-corrected chi connectivity index (χ4v) is 2.91. The van der Waals surface area contributed by atoms with Gasteiger partial charge < -0.3 is 10.2 Å². The average Bonchev–Trinajstić information content (AvgIpc) is 2.76. The number of nitrogens with zero attached hydrogens (tertiary/aromatic N) is 1. The van der Waals surface area contributed by atoms with Gasteiger partial charge in [0.05, 0.1) is 0 Å². The number of hydrogen-bond acceptors (Lipinski definition) is 2. The largest absolute Gasteiger partial charge is 0.334 e. The predicted octanol–water partition coefficient (Wildman–Crippen LogP) is 0.605. The predicted molar refractivity (Wildman–Crippen MR) is 53.8 cm³/mol. The second kappa shape index (κ2) is 2.51. The number of amides is 1. The first-order valence-corrected chi connectivity index (χ1v) is 5.62. The van der Waals surface area contributed by atoms with Crippen LogP contribution in [0.5, 0.6) is 0 Å². The van der Waals surface area contributed by atoms with Crippen molar-refractivity contribution in [2.75, 3.05) is 13.1 Å². The van der Waals surface area contributed by atoms with Gasteiger partial charge in [0, 0.05) is 31.1 Å². The van der Waals surface area contributed by atoms with Crippen molar-refractivity contribution in [3.63, 3.8) is 0 Å². The van der Waals surface area contributed by atoms with Crippen molar-refractivity contribution in [2.45, 2.75) is 38.8 Å². The maximum atomic E-state index is 12.1. The Labute approximate surface area is 84.8 Å². The maximum Gasteiger partial charge on any atom is 0.226 e. The van der Waals surface area contributed by atoms with Crippen molar-refractivity contribution in [1.82, 2.24) is 10.2 Å². The van der Waals surface area contributed by atoms with Crippen molar-refractivity contribution in [3.8, 4) is 0 Å². The van der Waals surface area contributed by atoms with E-state index in [4.69, 9.17) is 0 Å². The van der Waals surface area contributed by atoms with E-state index in [1.54, 1.807) is 0 Å². The van der Waals surface area contributed by atoms with Gasteiger partial charge in [0.2, 0.25) is 5.91 Å². The summed E-state index contributed by atoms with van der Waals surface area (Å²) >= 11 is 0. The molecule has 78 valence electrons. The summed E-state index contributed by atoms with van der Waals surface area (Å²) in [6.45, 7) is 6.41. The minimum Gasteiger partial charge on any atom is -0.334 e. The number of nitrogens with one attached hydrogen (secondary N) is 1. The maximum absolute atomic E-state index is 12.1. The van der Waals surface area contributed by atoms with Crippen LogP contribution in [0.15, 0.2) is 0 Å². The van der Waals surface area contributed by atoms with Crippen molar-refractivity contribution in [2.24, 2.45) is 11.3 Å². The lowest BCUT2D eigenvalue weighted by atomic mass is 9.87. The van der Waals surface area contributed by atoms with Crippen LogP contribution in [0.1, 0.15) is 26.7 Å². The fourth-order valence-electron chi connectivity index (χ4n) is 2.91. The van der Waals surface area contributed by atoms with Gasteiger partial charge in [0.25, 0.3) is 0 Å². The average molecular weight is 194 g/mol. The SMILES string of the molecule is CC1(C)CC1C(=O)N1C2CNCC1C2. The highest BCUT2D eigenvalue weighted by Crippen LogP contribution is 2.53. The van der Waals surface area contributed by atoms with E-state index in [2.05, 4.69) is 24.1 Å². The third kappa shape index (κ3) is 1.05. The number of hydrogen-bond donors (Lipinski definition) is 1. The summed E-state index contributed by atoms with van der Waals surface area (Å²) in [7, 11) is 0. The molecule has 3 aliphatic rings. The minimum absolute atomic E-state index is 0.286. The molecular formula is C11H18N2O. The molecule has 3 atom stereocenters. The van der Waals surface area contributed by atoms with E-state index >= 15 is 0 Å². The zero-order valence-corrected chi connectivity index (χ0v) is 8.92. The number of carbonyl (C=O) groups excluding carboxylic acids is 1. The van der Waals surface area contributed by atoms with Crippen LogP contribution in [0.4, 0.5) is 0 Å². The molecule has 2 saturated heterocycles. The molecule has 3 unspecified atom stereocenters. The van der Waals surface area contributed by atoms with Gasteiger partial charge in [-0.25, -0.2) is 0 Å². The van der Waals surface area contributed by atoms with Crippen molar-refractivity contribution in [1.29, 1.82) is 0 Å². The highest BCUT2D eigenvalue weighted by Gasteiger charge is 2.56. The van der Waals surface area contributed by atoms with Crippen molar-refractivity contribution < 1.29 is 4.79 Å². The molecule has 1 amide bonds. The van der Waals surface area contributed by atoms with Gasteiger partial charge in [-0.15, -0.1) is 0 Å². The normalized spacial score (nSPS) is 43.0. The standard InChI is InChI=1S/C11H18N2O/c1-11(2)4-9(11)10(14)13-7-3-8(13)6-12-5-7/h7-9,12H,3-6H2,1-2H3. The van der Waals surface area contributed by atoms with Crippen LogP contribution in [-0.4, -0.2) is 36.0 Å². The van der Waals surface area contributed by atoms with Crippen LogP contribution < -0.4 is 5.32 Å². The van der Waals surface area contributed by atoms with Crippen LogP contribution in [0.25, 0.3) is 0 Å². The molecule has 0 aromatic heterocycles. The van der Waals surface area contributed by atoms with Crippen LogP contribution in [0.2, 0.25) is 0 Å². The second-order valence-corrected chi connectivity index (χ2v) is 5.69. The van der Waals surface area contributed by atoms with Gasteiger partial charge in [-0.05, 0) is 18.3 Å². The monoisotopic (exact) mass is 194 g/mol. The molecule has 1 N–H and O–H groups in total. The lowest BCUT2D eigenvalue weighted by molar-refractivity contribution is -0.149. The lowest BCUT2D eigenvalue weighted by Gasteiger charge is -2.53. The molecule has 0 spiro atoms. The lowest BCUT2D eigenvalue weighted by Crippen LogP contribution is -2.69. The van der Waals surface area contributed by atoms with Crippen LogP contribution >= 0.6 is 0 Å². The molecule has 3 rings (SSSR count). The summed E-state index contributed by atoms with van der Waals surface area (Å²) in [6, 6.07) is 1.02. The van der Waals surface area contributed by atoms with Gasteiger partial charge in [-0.1, -0.05) is 13.8 Å². The second-order valence-electron chi connectivity index (χ2n) is 5.69. The summed E-state index contributed by atoms with van der Waals surface area (Å²) < 4.78 is 0. The molecule has 0 aromatic rings. The smallest absolute Gasteiger partial charge is 0.226 e. The van der Waals surface area contributed by atoms with Crippen LogP contribution in [0, 0.1) is 11.3 Å². The molecule has 0 aromatic carbocycles. The Balaban J connectivity index is 1.69. The number of piperidine rings is 1. The molecule has 0 radical (unpaired) electrons. The fraction of sp³-hybridized carbons (Fsp3) is 0.909. The molecule has 14 heavy (non-hydrogen) atoms. The van der Waals surface area contributed by atoms with Crippen molar-refractivity contribution >= 4 is 5.91 Å². The first-order chi connectivity index (χ1) is 6.59. The first kappa shape index (κ1) is 8.72. The third-order valence-corrected chi connectivity index (χ3v) is 4.16. The molecule has 2 bridgehead atoms. The zero-order chi connectivity index (χ0) is 9.92. The van der Waals surface area contributed by atoms with E-state index in [1.165, 1.54) is 6.42 Å². The molecule has 1 saturated carbocycles. The summed E-state index contributed by atoms with van der Waals surface area (Å²) in [5.74, 6) is 0.753. The third-order valence-electron chi connectivity index (χ3n) is 4.16. The van der Waals surface area contributed by atoms with Gasteiger partial charge in [0.1, 0.15) is 0 Å². The summed E-state index contributed by atoms with van der Waals surface area (Å²) in [5, 5.41) is 3.36. The Bertz CT molecular complexity index is 273. The zero-order valence-electron chi connectivity index (χ0n) is 8.92. The Morgan fingerprint density at radius 3 is 2.36 bits per heavy atom. The van der Waals surface area contributed by atoms with E-state index < -0.39 is 0 Å². The molecule has 3 fully saturated rings. The number of carbonyl (C=O) groups is 1. The van der Waals surface area contributed by atoms with E-state index in [1.807, 2.05) is 0 Å². The van der Waals surface area contributed by atoms with Gasteiger partial charge >= 0.3 is 0 Å². The Hall–Kier alpha value is -0.570. The minimum atomic E-state index is 0.286. The number of fused-ring (bicyclic) bond motifs is 2. The molecule has 2 heterocycles. The highest BCUT2D eigenvalue weighted by atomic mass is 16.2. The quantitative estimate of drug-likeness (QED) is 0.663. The van der Waals surface area contributed by atoms with E-state index in [9.17, 15) is 4.79 Å². The topological polar surface area (TPSA) is 32.3 Å². The van der Waals surface area contributed by atoms with E-state index in [0.29, 0.717) is 23.9 Å². The Kier molecular flexibility index (Phi) is 1.56. The Morgan fingerprint density at radius 2 is 1.93 bits per heavy atom. The molecule has 2 aliphatic heterocycles. The summed E-state index contributed by atoms with van der Waals surface area (Å²) in [6.07, 6.45) is 2.32. The van der Waals surface area contributed by atoms with E-state index in [-0.39, 0.29) is 5.41 Å². The molecule has 1 aliphatic carbocycles. The van der Waals surface area contributed by atoms with Gasteiger partial charge in [-0.3, -0.25) is 4.79 Å². The van der Waals surface area contributed by atoms with Gasteiger partial charge in [0.15, 0.2) is 0 Å². The van der Waals surface area contributed by atoms with Crippen LogP contribution in [0.3, 0.4) is 0 Å². The molecule has 3 heteroatoms. The first-order valence-electron chi connectivity index (χ1n) is 5.62. The Morgan fingerprint density at radius 1 is 1.36 bits per heavy atom. The van der Waals surface area contributed by atoms with Crippen molar-refractivity contribution in [3.05, 3.63) is 0 Å². The molecule has 3 nitrogen and oxygen atoms in total. The number of piperazine rings is 1. The summed E-state index contributed by atoms with van der Waals surface area (Å²) in [4.78, 5) is 14.3. The van der Waals surface area contributed by atoms with E-state index in [0.717, 1.165) is 19.5 Å².